The zero-order chi connectivity index (χ0) is 22.9. The van der Waals surface area contributed by atoms with Crippen molar-refractivity contribution in [2.75, 3.05) is 41.0 Å². The number of carbonyl (C=O) groups is 1. The Bertz CT molecular complexity index is 865. The van der Waals surface area contributed by atoms with Gasteiger partial charge in [-0.2, -0.15) is 0 Å². The fourth-order valence-electron chi connectivity index (χ4n) is 3.90. The van der Waals surface area contributed by atoms with Gasteiger partial charge in [-0.3, -0.25) is 4.79 Å². The fraction of sp³-hybridized carbons (Fsp3) is 0.458. The molecule has 7 nitrogen and oxygen atoms in total. The lowest BCUT2D eigenvalue weighted by molar-refractivity contribution is -0.129. The van der Waals surface area contributed by atoms with Crippen LogP contribution >= 0.6 is 0 Å². The first kappa shape index (κ1) is 23.7. The van der Waals surface area contributed by atoms with Crippen LogP contribution in [0.1, 0.15) is 24.8 Å². The molecule has 32 heavy (non-hydrogen) atoms. The van der Waals surface area contributed by atoms with Crippen molar-refractivity contribution in [3.63, 3.8) is 0 Å². The van der Waals surface area contributed by atoms with Crippen molar-refractivity contribution in [2.45, 2.75) is 31.8 Å². The molecule has 1 heterocycles. The summed E-state index contributed by atoms with van der Waals surface area (Å²) < 4.78 is 34.7. The molecule has 0 saturated carbocycles. The number of amides is 1. The number of methoxy groups -OCH3 is 3. The first-order chi connectivity index (χ1) is 15.5. The van der Waals surface area contributed by atoms with Crippen molar-refractivity contribution < 1.29 is 28.1 Å². The molecule has 0 radical (unpaired) electrons. The molecule has 2 aromatic carbocycles. The predicted molar refractivity (Wildman–Crippen MR) is 119 cm³/mol. The van der Waals surface area contributed by atoms with Crippen LogP contribution in [0, 0.1) is 5.82 Å². The van der Waals surface area contributed by atoms with Crippen LogP contribution in [0.15, 0.2) is 36.4 Å². The number of hydrogen-bond donors (Lipinski definition) is 1. The van der Waals surface area contributed by atoms with E-state index < -0.39 is 0 Å². The van der Waals surface area contributed by atoms with Crippen LogP contribution in [-0.2, 0) is 11.3 Å². The summed E-state index contributed by atoms with van der Waals surface area (Å²) in [5, 5.41) is 3.35. The van der Waals surface area contributed by atoms with Crippen molar-refractivity contribution in [3.05, 3.63) is 47.8 Å². The van der Waals surface area contributed by atoms with E-state index in [2.05, 4.69) is 5.32 Å². The first-order valence-corrected chi connectivity index (χ1v) is 10.7. The van der Waals surface area contributed by atoms with Gasteiger partial charge in [-0.25, -0.2) is 4.39 Å². The van der Waals surface area contributed by atoms with Gasteiger partial charge in [0.15, 0.2) is 11.5 Å². The summed E-state index contributed by atoms with van der Waals surface area (Å²) in [6, 6.07) is 9.92. The maximum atomic E-state index is 12.9. The second-order valence-corrected chi connectivity index (χ2v) is 7.59. The summed E-state index contributed by atoms with van der Waals surface area (Å²) in [5.74, 6) is 2.21. The van der Waals surface area contributed by atoms with Crippen LogP contribution < -0.4 is 24.3 Å². The Labute approximate surface area is 188 Å². The Morgan fingerprint density at radius 1 is 1.03 bits per heavy atom. The van der Waals surface area contributed by atoms with Crippen molar-refractivity contribution >= 4 is 5.91 Å². The molecule has 0 aliphatic carbocycles. The van der Waals surface area contributed by atoms with Crippen LogP contribution in [0.4, 0.5) is 4.39 Å². The molecule has 174 valence electrons. The normalized spacial score (nSPS) is 15.7. The van der Waals surface area contributed by atoms with Gasteiger partial charge in [0.25, 0.3) is 0 Å². The predicted octanol–water partition coefficient (Wildman–Crippen LogP) is 3.40. The monoisotopic (exact) mass is 446 g/mol. The van der Waals surface area contributed by atoms with Crippen LogP contribution in [0.2, 0.25) is 0 Å². The molecular formula is C24H31FN2O5. The van der Waals surface area contributed by atoms with E-state index in [0.29, 0.717) is 49.1 Å². The Hall–Kier alpha value is -3.00. The maximum absolute atomic E-state index is 12.9. The molecular weight excluding hydrogens is 415 g/mol. The molecule has 1 aliphatic rings. The number of hydrogen-bond acceptors (Lipinski definition) is 6. The van der Waals surface area contributed by atoms with E-state index in [4.69, 9.17) is 18.9 Å². The number of carbonyl (C=O) groups excluding carboxylic acids is 1. The summed E-state index contributed by atoms with van der Waals surface area (Å²) >= 11 is 0. The van der Waals surface area contributed by atoms with Gasteiger partial charge in [-0.05, 0) is 61.3 Å². The first-order valence-electron chi connectivity index (χ1n) is 10.7. The largest absolute Gasteiger partial charge is 0.493 e. The molecule has 1 fully saturated rings. The van der Waals surface area contributed by atoms with Gasteiger partial charge in [-0.15, -0.1) is 0 Å². The number of ether oxygens (including phenoxy) is 4. The molecule has 1 aliphatic heterocycles. The molecule has 0 spiro atoms. The molecule has 2 aromatic rings. The van der Waals surface area contributed by atoms with E-state index >= 15 is 0 Å². The van der Waals surface area contributed by atoms with Crippen molar-refractivity contribution in [1.29, 1.82) is 0 Å². The minimum Gasteiger partial charge on any atom is -0.493 e. The zero-order valence-corrected chi connectivity index (χ0v) is 18.9. The lowest BCUT2D eigenvalue weighted by atomic mass is 10.1. The fourth-order valence-corrected chi connectivity index (χ4v) is 3.90. The number of halogens is 1. The van der Waals surface area contributed by atoms with Gasteiger partial charge >= 0.3 is 0 Å². The van der Waals surface area contributed by atoms with E-state index in [1.54, 1.807) is 33.5 Å². The summed E-state index contributed by atoms with van der Waals surface area (Å²) in [6.45, 7) is 2.43. The molecule has 0 aromatic heterocycles. The maximum Gasteiger partial charge on any atom is 0.223 e. The molecule has 1 N–H and O–H groups in total. The number of rotatable bonds is 12. The third-order valence-electron chi connectivity index (χ3n) is 5.55. The highest BCUT2D eigenvalue weighted by atomic mass is 19.1. The minimum absolute atomic E-state index is 0.156. The lowest BCUT2D eigenvalue weighted by Crippen LogP contribution is -2.35. The van der Waals surface area contributed by atoms with Gasteiger partial charge in [0.2, 0.25) is 11.7 Å². The van der Waals surface area contributed by atoms with Gasteiger partial charge in [-0.1, -0.05) is 0 Å². The van der Waals surface area contributed by atoms with Gasteiger partial charge in [0, 0.05) is 25.6 Å². The Morgan fingerprint density at radius 2 is 1.72 bits per heavy atom. The second kappa shape index (κ2) is 11.6. The number of likely N-dealkylation sites (tertiary alicyclic amines) is 1. The molecule has 1 atom stereocenters. The average molecular weight is 447 g/mol. The molecule has 1 amide bonds. The Balaban J connectivity index is 1.49. The van der Waals surface area contributed by atoms with Crippen LogP contribution in [-0.4, -0.2) is 57.9 Å². The molecule has 3 rings (SSSR count). The van der Waals surface area contributed by atoms with Crippen LogP contribution in [0.3, 0.4) is 0 Å². The zero-order valence-electron chi connectivity index (χ0n) is 18.9. The quantitative estimate of drug-likeness (QED) is 0.504. The van der Waals surface area contributed by atoms with Gasteiger partial charge in [0.05, 0.1) is 21.3 Å². The Kier molecular flexibility index (Phi) is 8.56. The summed E-state index contributed by atoms with van der Waals surface area (Å²) in [6.07, 6.45) is 2.26. The topological polar surface area (TPSA) is 69.3 Å². The average Bonchev–Trinajstić information content (AvgIpc) is 3.15. The number of benzene rings is 2. The Morgan fingerprint density at radius 3 is 2.34 bits per heavy atom. The second-order valence-electron chi connectivity index (χ2n) is 7.59. The highest BCUT2D eigenvalue weighted by Gasteiger charge is 2.30. The van der Waals surface area contributed by atoms with Crippen LogP contribution in [0.5, 0.6) is 23.0 Å². The highest BCUT2D eigenvalue weighted by molar-refractivity contribution is 5.78. The lowest BCUT2D eigenvalue weighted by Gasteiger charge is -2.26. The SMILES string of the molecule is COc1cc(CN2C(=O)CC[C@@H]2CCNCCOc2ccc(F)cc2)cc(OC)c1OC. The van der Waals surface area contributed by atoms with Gasteiger partial charge < -0.3 is 29.2 Å². The number of nitrogens with zero attached hydrogens (tertiary/aromatic N) is 1. The summed E-state index contributed by atoms with van der Waals surface area (Å²) in [7, 11) is 4.73. The third-order valence-corrected chi connectivity index (χ3v) is 5.55. The van der Waals surface area contributed by atoms with E-state index in [-0.39, 0.29) is 17.8 Å². The van der Waals surface area contributed by atoms with E-state index in [1.807, 2.05) is 17.0 Å². The van der Waals surface area contributed by atoms with Crippen LogP contribution in [0.25, 0.3) is 0 Å². The van der Waals surface area contributed by atoms with Crippen molar-refractivity contribution in [3.8, 4) is 23.0 Å². The molecule has 0 bridgehead atoms. The van der Waals surface area contributed by atoms with Crippen molar-refractivity contribution in [1.82, 2.24) is 10.2 Å². The van der Waals surface area contributed by atoms with E-state index in [1.165, 1.54) is 12.1 Å². The smallest absolute Gasteiger partial charge is 0.223 e. The number of nitrogens with one attached hydrogen (secondary N) is 1. The summed E-state index contributed by atoms with van der Waals surface area (Å²) in [4.78, 5) is 14.4. The van der Waals surface area contributed by atoms with Gasteiger partial charge in [0.1, 0.15) is 18.2 Å². The highest BCUT2D eigenvalue weighted by Crippen LogP contribution is 2.39. The summed E-state index contributed by atoms with van der Waals surface area (Å²) in [5.41, 5.74) is 0.931. The van der Waals surface area contributed by atoms with E-state index in [9.17, 15) is 9.18 Å². The minimum atomic E-state index is -0.280. The standard InChI is InChI=1S/C24H31FN2O5/c1-29-21-14-17(15-22(30-2)24(21)31-3)16-27-19(6-9-23(27)28)10-11-26-12-13-32-20-7-4-18(25)5-8-20/h4-5,7-8,14-15,19,26H,6,9-13,16H2,1-3H3/t19-/m1/s1. The third kappa shape index (κ3) is 6.03. The van der Waals surface area contributed by atoms with E-state index in [0.717, 1.165) is 24.9 Å². The molecule has 1 saturated heterocycles. The van der Waals surface area contributed by atoms with Crippen molar-refractivity contribution in [2.24, 2.45) is 0 Å². The molecule has 0 unspecified atom stereocenters. The molecule has 8 heteroatoms.